The Labute approximate surface area is 145 Å². The first-order valence-corrected chi connectivity index (χ1v) is 9.20. The third-order valence-electron chi connectivity index (χ3n) is 4.20. The van der Waals surface area contributed by atoms with Gasteiger partial charge in [-0.1, -0.05) is 30.3 Å². The molecule has 0 atom stereocenters. The molecular weight excluding hydrogens is 325 g/mol. The van der Waals surface area contributed by atoms with Crippen LogP contribution in [-0.2, 0) is 0 Å². The van der Waals surface area contributed by atoms with Gasteiger partial charge < -0.3 is 10.2 Å². The SMILES string of the molecule is O=C(NCCCN1CCC(F)CC1)c1cnc(-c2ccccc2)s1. The lowest BCUT2D eigenvalue weighted by Crippen LogP contribution is -2.36. The molecule has 128 valence electrons. The van der Waals surface area contributed by atoms with Gasteiger partial charge in [0.1, 0.15) is 16.1 Å². The van der Waals surface area contributed by atoms with Crippen LogP contribution in [0, 0.1) is 0 Å². The smallest absolute Gasteiger partial charge is 0.263 e. The Morgan fingerprint density at radius 2 is 2.04 bits per heavy atom. The van der Waals surface area contributed by atoms with Gasteiger partial charge in [0.15, 0.2) is 0 Å². The van der Waals surface area contributed by atoms with Crippen LogP contribution in [0.25, 0.3) is 10.6 Å². The minimum Gasteiger partial charge on any atom is -0.351 e. The molecule has 0 spiro atoms. The van der Waals surface area contributed by atoms with Crippen molar-refractivity contribution in [1.29, 1.82) is 0 Å². The zero-order valence-electron chi connectivity index (χ0n) is 13.6. The molecule has 0 aliphatic carbocycles. The molecule has 1 saturated heterocycles. The summed E-state index contributed by atoms with van der Waals surface area (Å²) in [6.45, 7) is 3.19. The highest BCUT2D eigenvalue weighted by atomic mass is 32.1. The van der Waals surface area contributed by atoms with Crippen molar-refractivity contribution in [1.82, 2.24) is 15.2 Å². The minimum atomic E-state index is -0.633. The summed E-state index contributed by atoms with van der Waals surface area (Å²) >= 11 is 1.41. The zero-order valence-corrected chi connectivity index (χ0v) is 14.4. The van der Waals surface area contributed by atoms with Crippen LogP contribution in [-0.4, -0.2) is 48.1 Å². The van der Waals surface area contributed by atoms with Gasteiger partial charge in [-0.05, 0) is 25.8 Å². The summed E-state index contributed by atoms with van der Waals surface area (Å²) in [7, 11) is 0. The molecule has 1 amide bonds. The van der Waals surface area contributed by atoms with Crippen molar-refractivity contribution in [2.75, 3.05) is 26.2 Å². The summed E-state index contributed by atoms with van der Waals surface area (Å²) in [5.41, 5.74) is 1.03. The second kappa shape index (κ2) is 8.35. The molecule has 6 heteroatoms. The molecule has 2 aromatic rings. The van der Waals surface area contributed by atoms with Crippen molar-refractivity contribution >= 4 is 17.2 Å². The van der Waals surface area contributed by atoms with E-state index >= 15 is 0 Å². The summed E-state index contributed by atoms with van der Waals surface area (Å²) in [6, 6.07) is 9.85. The average molecular weight is 347 g/mol. The van der Waals surface area contributed by atoms with Crippen LogP contribution in [0.15, 0.2) is 36.5 Å². The first-order valence-electron chi connectivity index (χ1n) is 8.38. The third-order valence-corrected chi connectivity index (χ3v) is 5.25. The molecule has 1 N–H and O–H groups in total. The number of halogens is 1. The number of benzene rings is 1. The Morgan fingerprint density at radius 3 is 2.79 bits per heavy atom. The molecule has 24 heavy (non-hydrogen) atoms. The Bertz CT molecular complexity index is 653. The van der Waals surface area contributed by atoms with Crippen molar-refractivity contribution in [3.8, 4) is 10.6 Å². The van der Waals surface area contributed by atoms with E-state index in [0.29, 0.717) is 24.3 Å². The topological polar surface area (TPSA) is 45.2 Å². The summed E-state index contributed by atoms with van der Waals surface area (Å²) < 4.78 is 13.1. The second-order valence-electron chi connectivity index (χ2n) is 6.02. The first-order chi connectivity index (χ1) is 11.7. The lowest BCUT2D eigenvalue weighted by atomic mass is 10.1. The standard InChI is InChI=1S/C18H22FN3OS/c19-15-7-11-22(12-8-15)10-4-9-20-17(23)16-13-21-18(24-16)14-5-2-1-3-6-14/h1-3,5-6,13,15H,4,7-12H2,(H,20,23). The molecule has 0 bridgehead atoms. The van der Waals surface area contributed by atoms with E-state index in [-0.39, 0.29) is 5.91 Å². The van der Waals surface area contributed by atoms with E-state index in [4.69, 9.17) is 0 Å². The predicted molar refractivity (Wildman–Crippen MR) is 95.1 cm³/mol. The van der Waals surface area contributed by atoms with Crippen LogP contribution in [0.1, 0.15) is 28.9 Å². The molecule has 1 aromatic carbocycles. The third kappa shape index (κ3) is 4.61. The molecule has 1 aromatic heterocycles. The van der Waals surface area contributed by atoms with Crippen LogP contribution in [0.2, 0.25) is 0 Å². The van der Waals surface area contributed by atoms with Crippen LogP contribution >= 0.6 is 11.3 Å². The van der Waals surface area contributed by atoms with Gasteiger partial charge in [-0.15, -0.1) is 11.3 Å². The number of aromatic nitrogens is 1. The second-order valence-corrected chi connectivity index (χ2v) is 7.05. The first kappa shape index (κ1) is 17.0. The lowest BCUT2D eigenvalue weighted by molar-refractivity contribution is 0.0953. The number of thiazole rings is 1. The summed E-state index contributed by atoms with van der Waals surface area (Å²) in [4.78, 5) is 19.4. The maximum atomic E-state index is 13.1. The number of piperidine rings is 1. The van der Waals surface area contributed by atoms with Gasteiger partial charge in [-0.25, -0.2) is 9.37 Å². The van der Waals surface area contributed by atoms with Crippen molar-refractivity contribution in [2.24, 2.45) is 0 Å². The van der Waals surface area contributed by atoms with Crippen LogP contribution < -0.4 is 5.32 Å². The molecule has 1 fully saturated rings. The van der Waals surface area contributed by atoms with Crippen LogP contribution in [0.3, 0.4) is 0 Å². The van der Waals surface area contributed by atoms with E-state index in [1.54, 1.807) is 6.20 Å². The van der Waals surface area contributed by atoms with Gasteiger partial charge in [-0.3, -0.25) is 4.79 Å². The predicted octanol–water partition coefficient (Wildman–Crippen LogP) is 3.36. The van der Waals surface area contributed by atoms with Gasteiger partial charge in [0.05, 0.1) is 6.20 Å². The monoisotopic (exact) mass is 347 g/mol. The Kier molecular flexibility index (Phi) is 5.93. The quantitative estimate of drug-likeness (QED) is 0.815. The number of rotatable bonds is 6. The maximum Gasteiger partial charge on any atom is 0.263 e. The molecular formula is C18H22FN3OS. The fraction of sp³-hybridized carbons (Fsp3) is 0.444. The highest BCUT2D eigenvalue weighted by molar-refractivity contribution is 7.16. The van der Waals surface area contributed by atoms with Crippen LogP contribution in [0.5, 0.6) is 0 Å². The molecule has 4 nitrogen and oxygen atoms in total. The molecule has 2 heterocycles. The number of hydrogen-bond acceptors (Lipinski definition) is 4. The van der Waals surface area contributed by atoms with Gasteiger partial charge in [0.25, 0.3) is 5.91 Å². The number of carbonyl (C=O) groups is 1. The van der Waals surface area contributed by atoms with E-state index in [0.717, 1.165) is 36.6 Å². The summed E-state index contributed by atoms with van der Waals surface area (Å²) in [5, 5.41) is 3.80. The van der Waals surface area contributed by atoms with Gasteiger partial charge in [0.2, 0.25) is 0 Å². The Morgan fingerprint density at radius 1 is 1.29 bits per heavy atom. The highest BCUT2D eigenvalue weighted by Crippen LogP contribution is 2.24. The van der Waals surface area contributed by atoms with Gasteiger partial charge in [0, 0.05) is 25.2 Å². The largest absolute Gasteiger partial charge is 0.351 e. The van der Waals surface area contributed by atoms with Crippen molar-refractivity contribution in [3.05, 3.63) is 41.4 Å². The molecule has 1 aliphatic heterocycles. The fourth-order valence-electron chi connectivity index (χ4n) is 2.81. The normalized spacial score (nSPS) is 16.2. The number of alkyl halides is 1. The van der Waals surface area contributed by atoms with Crippen molar-refractivity contribution in [2.45, 2.75) is 25.4 Å². The van der Waals surface area contributed by atoms with E-state index in [9.17, 15) is 9.18 Å². The van der Waals surface area contributed by atoms with E-state index in [2.05, 4.69) is 15.2 Å². The molecule has 3 rings (SSSR count). The Hall–Kier alpha value is -1.79. The van der Waals surface area contributed by atoms with E-state index < -0.39 is 6.17 Å². The average Bonchev–Trinajstić information content (AvgIpc) is 3.11. The highest BCUT2D eigenvalue weighted by Gasteiger charge is 2.17. The number of amides is 1. The van der Waals surface area contributed by atoms with E-state index in [1.165, 1.54) is 11.3 Å². The van der Waals surface area contributed by atoms with Gasteiger partial charge in [-0.2, -0.15) is 0 Å². The molecule has 0 saturated carbocycles. The van der Waals surface area contributed by atoms with Crippen molar-refractivity contribution in [3.63, 3.8) is 0 Å². The number of nitrogens with zero attached hydrogens (tertiary/aromatic N) is 2. The minimum absolute atomic E-state index is 0.0721. The molecule has 1 aliphatic rings. The summed E-state index contributed by atoms with van der Waals surface area (Å²) in [5.74, 6) is -0.0721. The summed E-state index contributed by atoms with van der Waals surface area (Å²) in [6.07, 6.45) is 3.15. The fourth-order valence-corrected chi connectivity index (χ4v) is 3.65. The lowest BCUT2D eigenvalue weighted by Gasteiger charge is -2.28. The molecule has 0 radical (unpaired) electrons. The number of nitrogens with one attached hydrogen (secondary N) is 1. The number of carbonyl (C=O) groups excluding carboxylic acids is 1. The van der Waals surface area contributed by atoms with Crippen molar-refractivity contribution < 1.29 is 9.18 Å². The van der Waals surface area contributed by atoms with Crippen LogP contribution in [0.4, 0.5) is 4.39 Å². The van der Waals surface area contributed by atoms with E-state index in [1.807, 2.05) is 30.3 Å². The maximum absolute atomic E-state index is 13.1. The molecule has 0 unspecified atom stereocenters. The number of hydrogen-bond donors (Lipinski definition) is 1. The Balaban J connectivity index is 1.42. The number of likely N-dealkylation sites (tertiary alicyclic amines) is 1. The van der Waals surface area contributed by atoms with Gasteiger partial charge >= 0.3 is 0 Å². The zero-order chi connectivity index (χ0) is 16.8.